The van der Waals surface area contributed by atoms with E-state index >= 15 is 0 Å². The number of allylic oxidation sites excluding steroid dienone is 8. The Bertz CT molecular complexity index is 1170. The molecular weight excluding hydrogens is 741 g/mol. The number of unbranched alkanes of at least 4 members (excludes halogenated alkanes) is 17. The van der Waals surface area contributed by atoms with Crippen LogP contribution in [0.1, 0.15) is 174 Å². The highest BCUT2D eigenvalue weighted by atomic mass is 31.2. The molecule has 330 valence electrons. The summed E-state index contributed by atoms with van der Waals surface area (Å²) < 4.78 is 34.2. The molecule has 0 aromatic carbocycles. The predicted octanol–water partition coefficient (Wildman–Crippen LogP) is 11.9. The highest BCUT2D eigenvalue weighted by molar-refractivity contribution is 7.47. The van der Waals surface area contributed by atoms with Crippen LogP contribution < -0.4 is 0 Å². The summed E-state index contributed by atoms with van der Waals surface area (Å²) in [4.78, 5) is 47.1. The van der Waals surface area contributed by atoms with E-state index in [1.165, 1.54) is 77.0 Å². The topological polar surface area (TPSA) is 125 Å². The molecule has 0 fully saturated rings. The van der Waals surface area contributed by atoms with Crippen LogP contribution in [0.5, 0.6) is 0 Å². The van der Waals surface area contributed by atoms with Crippen molar-refractivity contribution in [2.75, 3.05) is 47.5 Å². The molecule has 0 aromatic heterocycles. The molecule has 0 saturated heterocycles. The molecule has 0 bridgehead atoms. The fourth-order valence-corrected chi connectivity index (χ4v) is 6.53. The molecule has 0 heterocycles. The van der Waals surface area contributed by atoms with Crippen molar-refractivity contribution in [2.45, 2.75) is 180 Å². The Morgan fingerprint density at radius 1 is 0.596 bits per heavy atom. The molecule has 2 atom stereocenters. The number of nitrogens with zero attached hydrogens (tertiary/aromatic N) is 1. The van der Waals surface area contributed by atoms with Crippen LogP contribution >= 0.6 is 7.82 Å². The predicted molar refractivity (Wildman–Crippen MR) is 234 cm³/mol. The van der Waals surface area contributed by atoms with Crippen molar-refractivity contribution in [3.05, 3.63) is 48.6 Å². The monoisotopic (exact) mass is 825 g/mol. The van der Waals surface area contributed by atoms with Crippen LogP contribution in [-0.4, -0.2) is 80.7 Å². The minimum atomic E-state index is -4.40. The highest BCUT2D eigenvalue weighted by Crippen LogP contribution is 2.43. The smallest absolute Gasteiger partial charge is 0.462 e. The summed E-state index contributed by atoms with van der Waals surface area (Å²) >= 11 is 0. The maximum absolute atomic E-state index is 12.7. The quantitative estimate of drug-likeness (QED) is 0.0122. The average molecular weight is 825 g/mol. The second-order valence-corrected chi connectivity index (χ2v) is 17.6. The number of carbonyl (C=O) groups is 3. The van der Waals surface area contributed by atoms with E-state index < -0.39 is 32.5 Å². The normalized spacial score (nSPS) is 13.9. The molecule has 0 radical (unpaired) electrons. The number of likely N-dealkylation sites (N-methyl/N-ethyl adjacent to an activating group) is 1. The lowest BCUT2D eigenvalue weighted by atomic mass is 10.0. The molecule has 0 aliphatic carbocycles. The lowest BCUT2D eigenvalue weighted by molar-refractivity contribution is -0.870. The number of hydrogen-bond donors (Lipinski definition) is 1. The van der Waals surface area contributed by atoms with Gasteiger partial charge in [-0.3, -0.25) is 23.4 Å². The standard InChI is InChI=1S/C46H82NO9P/c1-6-8-10-11-12-13-14-15-16-17-20-23-26-29-33-37-45(49)53-41-44(42-55-57(51,52)54-40-39-47(3,4)5)56-46(50)38-34-30-27-24-21-18-19-22-25-28-32-36-43(48)35-31-9-7-2/h18-19,24-25,27-28,32,36,44H,6-17,20-23,26,29-31,33-35,37-42H2,1-5H3/p+1/b19-18-,27-24-,28-25-,36-32-/t44-/m1/s1. The Morgan fingerprint density at radius 3 is 1.70 bits per heavy atom. The first-order valence-electron chi connectivity index (χ1n) is 22.3. The van der Waals surface area contributed by atoms with Gasteiger partial charge in [-0.2, -0.15) is 0 Å². The summed E-state index contributed by atoms with van der Waals surface area (Å²) in [6.45, 7) is 4.18. The summed E-state index contributed by atoms with van der Waals surface area (Å²) in [6, 6.07) is 0. The largest absolute Gasteiger partial charge is 0.472 e. The molecule has 0 spiro atoms. The summed E-state index contributed by atoms with van der Waals surface area (Å²) in [5.74, 6) is -0.728. The minimum Gasteiger partial charge on any atom is -0.462 e. The maximum Gasteiger partial charge on any atom is 0.472 e. The van der Waals surface area contributed by atoms with Gasteiger partial charge in [0.25, 0.3) is 0 Å². The number of ether oxygens (including phenoxy) is 2. The van der Waals surface area contributed by atoms with E-state index in [1.807, 2.05) is 45.4 Å². The minimum absolute atomic E-state index is 0.0103. The van der Waals surface area contributed by atoms with E-state index in [1.54, 1.807) is 12.2 Å². The molecule has 10 nitrogen and oxygen atoms in total. The van der Waals surface area contributed by atoms with Crippen LogP contribution in [0.4, 0.5) is 0 Å². The fraction of sp³-hybridized carbons (Fsp3) is 0.761. The van der Waals surface area contributed by atoms with Gasteiger partial charge in [0.05, 0.1) is 27.7 Å². The van der Waals surface area contributed by atoms with Crippen LogP contribution in [0, 0.1) is 0 Å². The first-order chi connectivity index (χ1) is 27.4. The van der Waals surface area contributed by atoms with E-state index in [2.05, 4.69) is 26.0 Å². The summed E-state index contributed by atoms with van der Waals surface area (Å²) in [5, 5.41) is 0. The number of ketones is 1. The van der Waals surface area contributed by atoms with Crippen molar-refractivity contribution in [1.29, 1.82) is 0 Å². The zero-order chi connectivity index (χ0) is 42.3. The molecule has 0 aliphatic heterocycles. The molecule has 57 heavy (non-hydrogen) atoms. The third kappa shape index (κ3) is 41.6. The zero-order valence-electron chi connectivity index (χ0n) is 36.8. The Balaban J connectivity index is 4.49. The molecule has 0 rings (SSSR count). The molecule has 0 aliphatic rings. The second-order valence-electron chi connectivity index (χ2n) is 16.1. The number of esters is 2. The number of hydrogen-bond acceptors (Lipinski definition) is 8. The van der Waals surface area contributed by atoms with Crippen LogP contribution in [0.3, 0.4) is 0 Å². The third-order valence-corrected chi connectivity index (χ3v) is 10.3. The molecular formula is C46H83NO9P+. The Morgan fingerprint density at radius 2 is 1.11 bits per heavy atom. The van der Waals surface area contributed by atoms with E-state index in [4.69, 9.17) is 18.5 Å². The van der Waals surface area contributed by atoms with Crippen LogP contribution in [0.2, 0.25) is 0 Å². The summed E-state index contributed by atoms with van der Waals surface area (Å²) in [5.41, 5.74) is 0. The molecule has 1 N–H and O–H groups in total. The molecule has 0 aromatic rings. The molecule has 0 amide bonds. The first-order valence-corrected chi connectivity index (χ1v) is 23.8. The number of carbonyl (C=O) groups excluding carboxylic acids is 3. The Labute approximate surface area is 348 Å². The number of rotatable bonds is 40. The zero-order valence-corrected chi connectivity index (χ0v) is 37.7. The van der Waals surface area contributed by atoms with Crippen molar-refractivity contribution < 1.29 is 46.8 Å². The van der Waals surface area contributed by atoms with Crippen LogP contribution in [0.25, 0.3) is 0 Å². The van der Waals surface area contributed by atoms with Gasteiger partial charge in [0.2, 0.25) is 0 Å². The van der Waals surface area contributed by atoms with E-state index in [-0.39, 0.29) is 31.8 Å². The SMILES string of the molecule is CCCCCCCCCCCCCCCCCC(=O)OC[C@H](COP(=O)(O)OCC[N+](C)(C)C)OC(=O)CCC/C=C\C/C=C\C/C=C\C=C/C(=O)CCCCC. The lowest BCUT2D eigenvalue weighted by Gasteiger charge is -2.24. The molecule has 0 saturated carbocycles. The molecule has 1 unspecified atom stereocenters. The number of phosphoric ester groups is 1. The van der Waals surface area contributed by atoms with Gasteiger partial charge >= 0.3 is 19.8 Å². The van der Waals surface area contributed by atoms with Crippen molar-refractivity contribution in [1.82, 2.24) is 0 Å². The van der Waals surface area contributed by atoms with E-state index in [9.17, 15) is 23.8 Å². The fourth-order valence-electron chi connectivity index (χ4n) is 5.78. The van der Waals surface area contributed by atoms with Gasteiger partial charge in [-0.15, -0.1) is 0 Å². The summed E-state index contributed by atoms with van der Waals surface area (Å²) in [7, 11) is 1.40. The van der Waals surface area contributed by atoms with E-state index in [0.29, 0.717) is 30.3 Å². The van der Waals surface area contributed by atoms with Crippen molar-refractivity contribution in [3.8, 4) is 0 Å². The summed E-state index contributed by atoms with van der Waals surface area (Å²) in [6.07, 6.45) is 40.0. The lowest BCUT2D eigenvalue weighted by Crippen LogP contribution is -2.37. The van der Waals surface area contributed by atoms with Gasteiger partial charge in [0.15, 0.2) is 11.9 Å². The van der Waals surface area contributed by atoms with Gasteiger partial charge in [0, 0.05) is 19.3 Å². The molecule has 11 heteroatoms. The van der Waals surface area contributed by atoms with E-state index in [0.717, 1.165) is 51.4 Å². The van der Waals surface area contributed by atoms with Gasteiger partial charge in [-0.1, -0.05) is 159 Å². The van der Waals surface area contributed by atoms with Gasteiger partial charge in [-0.05, 0) is 44.6 Å². The Hall–Kier alpha value is -2.36. The van der Waals surface area contributed by atoms with Crippen molar-refractivity contribution in [2.24, 2.45) is 0 Å². The number of phosphoric acid groups is 1. The van der Waals surface area contributed by atoms with Crippen molar-refractivity contribution >= 4 is 25.5 Å². The van der Waals surface area contributed by atoms with Crippen molar-refractivity contribution in [3.63, 3.8) is 0 Å². The number of quaternary nitrogens is 1. The van der Waals surface area contributed by atoms with Gasteiger partial charge in [0.1, 0.15) is 19.8 Å². The highest BCUT2D eigenvalue weighted by Gasteiger charge is 2.27. The van der Waals surface area contributed by atoms with Gasteiger partial charge < -0.3 is 18.9 Å². The van der Waals surface area contributed by atoms with Crippen LogP contribution in [-0.2, 0) is 37.5 Å². The first kappa shape index (κ1) is 54.6. The van der Waals surface area contributed by atoms with Gasteiger partial charge in [-0.25, -0.2) is 4.57 Å². The average Bonchev–Trinajstić information content (AvgIpc) is 3.15. The third-order valence-electron chi connectivity index (χ3n) is 9.34. The second kappa shape index (κ2) is 37.9. The van der Waals surface area contributed by atoms with Crippen LogP contribution in [0.15, 0.2) is 48.6 Å². The Kier molecular flexibility index (Phi) is 36.3. The maximum atomic E-state index is 12.7.